The molecule has 0 atom stereocenters. The van der Waals surface area contributed by atoms with Gasteiger partial charge in [-0.25, -0.2) is 0 Å². The van der Waals surface area contributed by atoms with Crippen LogP contribution < -0.4 is 0 Å². The van der Waals surface area contributed by atoms with Gasteiger partial charge in [0.25, 0.3) is 6.69 Å². The fraction of sp³-hybridized carbons (Fsp3) is 0.538. The van der Waals surface area contributed by atoms with Crippen LogP contribution in [0.15, 0.2) is 30.3 Å². The lowest BCUT2D eigenvalue weighted by atomic mass is 10.2. The van der Waals surface area contributed by atoms with Crippen LogP contribution in [0.3, 0.4) is 0 Å². The van der Waals surface area contributed by atoms with E-state index in [4.69, 9.17) is 22.2 Å². The zero-order valence-electron chi connectivity index (χ0n) is 10.0. The van der Waals surface area contributed by atoms with E-state index < -0.39 is 6.69 Å². The van der Waals surface area contributed by atoms with Gasteiger partial charge >= 0.3 is 0 Å². The predicted octanol–water partition coefficient (Wildman–Crippen LogP) is 5.20. The van der Waals surface area contributed by atoms with Gasteiger partial charge in [-0.15, -0.1) is 22.2 Å². The highest BCUT2D eigenvalue weighted by molar-refractivity contribution is 7.45. The van der Waals surface area contributed by atoms with Crippen LogP contribution in [0.25, 0.3) is 0 Å². The Balaban J connectivity index is 2.36. The number of halogens is 2. The number of hydrogen-bond acceptors (Lipinski definition) is 0. The van der Waals surface area contributed by atoms with Gasteiger partial charge in [0, 0.05) is 0 Å². The largest absolute Gasteiger partial charge is 0.251 e. The van der Waals surface area contributed by atoms with Crippen molar-refractivity contribution in [2.45, 2.75) is 38.8 Å². The quantitative estimate of drug-likeness (QED) is 0.494. The highest BCUT2D eigenvalue weighted by Gasteiger charge is 2.27. The average molecular weight is 275 g/mol. The molecule has 90 valence electrons. The summed E-state index contributed by atoms with van der Waals surface area (Å²) in [5, 5.41) is 0. The molecule has 3 heteroatoms. The molecular weight excluding hydrogens is 255 g/mol. The van der Waals surface area contributed by atoms with Gasteiger partial charge in [-0.1, -0.05) is 50.6 Å². The molecule has 0 N–H and O–H groups in total. The molecule has 1 aromatic rings. The Hall–Kier alpha value is 0.0169. The topological polar surface area (TPSA) is 0 Å². The van der Waals surface area contributed by atoms with Gasteiger partial charge in [-0.2, -0.15) is 0 Å². The number of benzene rings is 1. The van der Waals surface area contributed by atoms with Gasteiger partial charge in [0.05, 0.1) is 0 Å². The van der Waals surface area contributed by atoms with Crippen molar-refractivity contribution in [2.75, 3.05) is 0 Å². The second-order valence-electron chi connectivity index (χ2n) is 4.77. The molecule has 0 radical (unpaired) electrons. The molecule has 0 aliphatic heterocycles. The molecule has 0 spiro atoms. The summed E-state index contributed by atoms with van der Waals surface area (Å²) in [6.07, 6.45) is 2.16. The van der Waals surface area contributed by atoms with E-state index in [1.165, 1.54) is 5.56 Å². The first-order chi connectivity index (χ1) is 7.49. The highest BCUT2D eigenvalue weighted by Crippen LogP contribution is 2.30. The SMILES string of the molecule is CC(C)CC[Si](Cl)(Cl)CCc1ccccc1. The highest BCUT2D eigenvalue weighted by atomic mass is 35.7. The zero-order valence-corrected chi connectivity index (χ0v) is 12.6. The molecule has 0 aromatic heterocycles. The summed E-state index contributed by atoms with van der Waals surface area (Å²) in [6, 6.07) is 12.4. The average Bonchev–Trinajstić information content (AvgIpc) is 2.26. The predicted molar refractivity (Wildman–Crippen MR) is 76.7 cm³/mol. The van der Waals surface area contributed by atoms with E-state index in [1.54, 1.807) is 0 Å². The first-order valence-corrected chi connectivity index (χ1v) is 10.4. The Morgan fingerprint density at radius 3 is 2.25 bits per heavy atom. The van der Waals surface area contributed by atoms with Crippen LogP contribution in [0.4, 0.5) is 0 Å². The minimum Gasteiger partial charge on any atom is -0.146 e. The number of aryl methyl sites for hydroxylation is 1. The fourth-order valence-corrected chi connectivity index (χ4v) is 4.72. The van der Waals surface area contributed by atoms with Crippen molar-refractivity contribution < 1.29 is 0 Å². The van der Waals surface area contributed by atoms with Crippen LogP contribution in [-0.4, -0.2) is 6.69 Å². The molecule has 0 nitrogen and oxygen atoms in total. The van der Waals surface area contributed by atoms with Crippen molar-refractivity contribution in [3.05, 3.63) is 35.9 Å². The molecule has 0 fully saturated rings. The third kappa shape index (κ3) is 5.93. The summed E-state index contributed by atoms with van der Waals surface area (Å²) in [6.45, 7) is 2.43. The van der Waals surface area contributed by atoms with Crippen LogP contribution in [0, 0.1) is 5.92 Å². The maximum Gasteiger partial charge on any atom is 0.251 e. The van der Waals surface area contributed by atoms with Crippen molar-refractivity contribution in [1.29, 1.82) is 0 Å². The van der Waals surface area contributed by atoms with E-state index in [-0.39, 0.29) is 0 Å². The van der Waals surface area contributed by atoms with Gasteiger partial charge in [0.2, 0.25) is 0 Å². The van der Waals surface area contributed by atoms with E-state index in [9.17, 15) is 0 Å². The minimum absolute atomic E-state index is 0.695. The van der Waals surface area contributed by atoms with E-state index in [2.05, 4.69) is 38.1 Å². The molecule has 0 saturated heterocycles. The van der Waals surface area contributed by atoms with Crippen LogP contribution in [0.2, 0.25) is 12.1 Å². The summed E-state index contributed by atoms with van der Waals surface area (Å²) < 4.78 is 0. The Morgan fingerprint density at radius 2 is 1.69 bits per heavy atom. The maximum absolute atomic E-state index is 6.43. The standard InChI is InChI=1S/C13H20Cl2Si/c1-12(2)8-10-16(14,15)11-9-13-6-4-3-5-7-13/h3-7,12H,8-11H2,1-2H3. The van der Waals surface area contributed by atoms with Crippen molar-refractivity contribution in [3.8, 4) is 0 Å². The summed E-state index contributed by atoms with van der Waals surface area (Å²) in [4.78, 5) is 0. The Labute approximate surface area is 109 Å². The Bertz CT molecular complexity index is 296. The van der Waals surface area contributed by atoms with Crippen LogP contribution in [0.1, 0.15) is 25.8 Å². The fourth-order valence-electron chi connectivity index (χ4n) is 1.60. The van der Waals surface area contributed by atoms with Crippen molar-refractivity contribution in [2.24, 2.45) is 5.92 Å². The zero-order chi connectivity index (χ0) is 12.0. The third-order valence-corrected chi connectivity index (χ3v) is 6.98. The third-order valence-electron chi connectivity index (χ3n) is 2.71. The van der Waals surface area contributed by atoms with Crippen molar-refractivity contribution in [3.63, 3.8) is 0 Å². The molecule has 0 saturated carbocycles. The molecule has 0 bridgehead atoms. The molecule has 1 aromatic carbocycles. The smallest absolute Gasteiger partial charge is 0.146 e. The maximum atomic E-state index is 6.43. The van der Waals surface area contributed by atoms with E-state index in [0.29, 0.717) is 5.92 Å². The molecule has 0 aliphatic rings. The first kappa shape index (κ1) is 14.1. The summed E-state index contributed by atoms with van der Waals surface area (Å²) in [5.41, 5.74) is 1.34. The van der Waals surface area contributed by atoms with Crippen LogP contribution >= 0.6 is 22.2 Å². The van der Waals surface area contributed by atoms with Gasteiger partial charge in [-0.3, -0.25) is 0 Å². The van der Waals surface area contributed by atoms with E-state index in [1.807, 2.05) is 6.07 Å². The van der Waals surface area contributed by atoms with Gasteiger partial charge in [-0.05, 0) is 30.0 Å². The molecule has 0 heterocycles. The van der Waals surface area contributed by atoms with E-state index >= 15 is 0 Å². The second-order valence-corrected chi connectivity index (χ2v) is 12.4. The minimum atomic E-state index is -2.00. The number of rotatable bonds is 6. The molecule has 0 unspecified atom stereocenters. The number of hydrogen-bond donors (Lipinski definition) is 0. The Kier molecular flexibility index (Phi) is 5.88. The molecule has 0 aliphatic carbocycles. The summed E-state index contributed by atoms with van der Waals surface area (Å²) >= 11 is 12.9. The first-order valence-electron chi connectivity index (χ1n) is 5.91. The monoisotopic (exact) mass is 274 g/mol. The molecule has 0 amide bonds. The van der Waals surface area contributed by atoms with Crippen LogP contribution in [0.5, 0.6) is 0 Å². The van der Waals surface area contributed by atoms with Gasteiger partial charge in [0.15, 0.2) is 0 Å². The van der Waals surface area contributed by atoms with Crippen molar-refractivity contribution in [1.82, 2.24) is 0 Å². The van der Waals surface area contributed by atoms with Crippen LogP contribution in [-0.2, 0) is 6.42 Å². The lowest BCUT2D eigenvalue weighted by molar-refractivity contribution is 0.622. The van der Waals surface area contributed by atoms with Gasteiger partial charge < -0.3 is 0 Å². The van der Waals surface area contributed by atoms with E-state index in [0.717, 1.165) is 24.9 Å². The molecular formula is C13H20Cl2Si. The summed E-state index contributed by atoms with van der Waals surface area (Å²) in [5.74, 6) is 0.695. The molecule has 1 rings (SSSR count). The lowest BCUT2D eigenvalue weighted by Gasteiger charge is -2.17. The second kappa shape index (κ2) is 6.68. The van der Waals surface area contributed by atoms with Crippen molar-refractivity contribution >= 4 is 28.9 Å². The Morgan fingerprint density at radius 1 is 1.06 bits per heavy atom. The lowest BCUT2D eigenvalue weighted by Crippen LogP contribution is -2.20. The molecule has 16 heavy (non-hydrogen) atoms. The van der Waals surface area contributed by atoms with Gasteiger partial charge in [0.1, 0.15) is 0 Å². The summed E-state index contributed by atoms with van der Waals surface area (Å²) in [7, 11) is 0. The normalized spacial score (nSPS) is 12.1.